The predicted octanol–water partition coefficient (Wildman–Crippen LogP) is 3.78. The van der Waals surface area contributed by atoms with Crippen molar-refractivity contribution in [1.82, 2.24) is 5.32 Å². The van der Waals surface area contributed by atoms with Gasteiger partial charge in [0.05, 0.1) is 11.5 Å². The number of nitrogens with one attached hydrogen (secondary N) is 1. The summed E-state index contributed by atoms with van der Waals surface area (Å²) in [4.78, 5) is 25.3. The van der Waals surface area contributed by atoms with Crippen molar-refractivity contribution in [2.75, 3.05) is 11.4 Å². The van der Waals surface area contributed by atoms with Gasteiger partial charge in [-0.25, -0.2) is 0 Å². The van der Waals surface area contributed by atoms with Crippen LogP contribution in [-0.2, 0) is 11.3 Å². The number of rotatable bonds is 8. The molecule has 140 valence electrons. The minimum atomic E-state index is -0.630. The summed E-state index contributed by atoms with van der Waals surface area (Å²) >= 11 is 5.86. The van der Waals surface area contributed by atoms with E-state index < -0.39 is 11.0 Å². The first-order chi connectivity index (χ1) is 13.0. The number of carbonyl (C=O) groups excluding carboxylic acids is 1. The summed E-state index contributed by atoms with van der Waals surface area (Å²) in [6.45, 7) is 2.25. The second-order valence-corrected chi connectivity index (χ2v) is 6.28. The van der Waals surface area contributed by atoms with Gasteiger partial charge in [0.1, 0.15) is 11.7 Å². The van der Waals surface area contributed by atoms with E-state index in [1.54, 1.807) is 35.2 Å². The summed E-state index contributed by atoms with van der Waals surface area (Å²) in [7, 11) is 0. The van der Waals surface area contributed by atoms with E-state index in [1.165, 1.54) is 6.07 Å². The summed E-state index contributed by atoms with van der Waals surface area (Å²) in [6.07, 6.45) is 5.90. The average Bonchev–Trinajstić information content (AvgIpc) is 2.67. The summed E-state index contributed by atoms with van der Waals surface area (Å²) < 4.78 is 0. The quantitative estimate of drug-likeness (QED) is 0.426. The largest absolute Gasteiger partial charge is 0.350 e. The Kier molecular flexibility index (Phi) is 7.21. The maximum atomic E-state index is 12.8. The van der Waals surface area contributed by atoms with Crippen LogP contribution in [0.2, 0.25) is 5.02 Å². The first-order valence-electron chi connectivity index (χ1n) is 8.43. The van der Waals surface area contributed by atoms with Crippen LogP contribution in [0.15, 0.2) is 48.5 Å². The Labute approximate surface area is 163 Å². The van der Waals surface area contributed by atoms with Crippen LogP contribution in [0.25, 0.3) is 0 Å². The van der Waals surface area contributed by atoms with Crippen molar-refractivity contribution in [2.24, 2.45) is 0 Å². The van der Waals surface area contributed by atoms with E-state index in [2.05, 4.69) is 11.2 Å². The monoisotopic (exact) mass is 385 g/mol. The Morgan fingerprint density at radius 1 is 1.30 bits per heavy atom. The molecule has 2 aromatic carbocycles. The number of nitrogens with zero attached hydrogens (tertiary/aromatic N) is 2. The highest BCUT2D eigenvalue weighted by atomic mass is 35.5. The molecule has 2 aromatic rings. The third-order valence-corrected chi connectivity index (χ3v) is 4.35. The molecule has 1 amide bonds. The van der Waals surface area contributed by atoms with Gasteiger partial charge in [-0.15, -0.1) is 6.42 Å². The summed E-state index contributed by atoms with van der Waals surface area (Å²) in [5.74, 6) is 2.24. The fourth-order valence-corrected chi connectivity index (χ4v) is 2.91. The van der Waals surface area contributed by atoms with Crippen LogP contribution in [0.4, 0.5) is 11.4 Å². The molecule has 6 nitrogen and oxygen atoms in total. The molecule has 0 aliphatic carbocycles. The SMILES string of the molecule is C#CCN(c1ccccc1[N+](=O)[O-])C(CC)C(=O)NCc1ccc(Cl)cc1. The normalized spacial score (nSPS) is 11.3. The molecule has 0 heterocycles. The Morgan fingerprint density at radius 2 is 1.96 bits per heavy atom. The molecule has 27 heavy (non-hydrogen) atoms. The molecule has 1 unspecified atom stereocenters. The number of amides is 1. The van der Waals surface area contributed by atoms with E-state index in [4.69, 9.17) is 18.0 Å². The van der Waals surface area contributed by atoms with Gasteiger partial charge in [0.25, 0.3) is 5.69 Å². The molecule has 0 saturated carbocycles. The number of hydrogen-bond donors (Lipinski definition) is 1. The number of anilines is 1. The molecule has 0 saturated heterocycles. The second kappa shape index (κ2) is 9.60. The van der Waals surface area contributed by atoms with Crippen LogP contribution in [0.1, 0.15) is 18.9 Å². The zero-order chi connectivity index (χ0) is 19.8. The van der Waals surface area contributed by atoms with Crippen molar-refractivity contribution >= 4 is 28.9 Å². The lowest BCUT2D eigenvalue weighted by molar-refractivity contribution is -0.384. The number of terminal acetylenes is 1. The zero-order valence-electron chi connectivity index (χ0n) is 14.9. The molecule has 0 bridgehead atoms. The number of nitro groups is 1. The number of hydrogen-bond acceptors (Lipinski definition) is 4. The van der Waals surface area contributed by atoms with E-state index in [9.17, 15) is 14.9 Å². The highest BCUT2D eigenvalue weighted by Gasteiger charge is 2.28. The standard InChI is InChI=1S/C20H20ClN3O3/c1-3-13-23(18-7-5-6-8-19(18)24(26)27)17(4-2)20(25)22-14-15-9-11-16(21)12-10-15/h1,5-12,17H,4,13-14H2,2H3,(H,22,25). The van der Waals surface area contributed by atoms with Crippen molar-refractivity contribution in [2.45, 2.75) is 25.9 Å². The van der Waals surface area contributed by atoms with Crippen LogP contribution in [-0.4, -0.2) is 23.4 Å². The Balaban J connectivity index is 2.23. The molecule has 0 fully saturated rings. The van der Waals surface area contributed by atoms with Crippen LogP contribution in [0, 0.1) is 22.5 Å². The number of halogens is 1. The first-order valence-corrected chi connectivity index (χ1v) is 8.81. The van der Waals surface area contributed by atoms with Gasteiger partial charge >= 0.3 is 0 Å². The maximum absolute atomic E-state index is 12.8. The predicted molar refractivity (Wildman–Crippen MR) is 107 cm³/mol. The summed E-state index contributed by atoms with van der Waals surface area (Å²) in [6, 6.07) is 12.8. The van der Waals surface area contributed by atoms with Gasteiger partial charge in [-0.1, -0.05) is 48.7 Å². The van der Waals surface area contributed by atoms with Gasteiger partial charge in [0.2, 0.25) is 5.91 Å². The molecule has 1 N–H and O–H groups in total. The first kappa shape index (κ1) is 20.3. The molecule has 0 aliphatic heterocycles. The minimum absolute atomic E-state index is 0.0811. The fraction of sp³-hybridized carbons (Fsp3) is 0.250. The number of benzene rings is 2. The van der Waals surface area contributed by atoms with Gasteiger partial charge in [-0.2, -0.15) is 0 Å². The lowest BCUT2D eigenvalue weighted by Gasteiger charge is -2.30. The van der Waals surface area contributed by atoms with Crippen LogP contribution in [0.5, 0.6) is 0 Å². The Bertz CT molecular complexity index is 846. The van der Waals surface area contributed by atoms with Gasteiger partial charge < -0.3 is 10.2 Å². The topological polar surface area (TPSA) is 75.5 Å². The van der Waals surface area contributed by atoms with Gasteiger partial charge in [-0.05, 0) is 30.2 Å². The molecular weight excluding hydrogens is 366 g/mol. The molecule has 7 heteroatoms. The molecule has 2 rings (SSSR count). The van der Waals surface area contributed by atoms with E-state index in [1.807, 2.05) is 19.1 Å². The molecule has 0 radical (unpaired) electrons. The number of carbonyl (C=O) groups is 1. The highest BCUT2D eigenvalue weighted by molar-refractivity contribution is 6.30. The third kappa shape index (κ3) is 5.22. The van der Waals surface area contributed by atoms with Crippen LogP contribution in [0.3, 0.4) is 0 Å². The van der Waals surface area contributed by atoms with Gasteiger partial charge in [0, 0.05) is 17.6 Å². The van der Waals surface area contributed by atoms with Gasteiger partial charge in [0.15, 0.2) is 0 Å². The highest BCUT2D eigenvalue weighted by Crippen LogP contribution is 2.29. The van der Waals surface area contributed by atoms with Gasteiger partial charge in [-0.3, -0.25) is 14.9 Å². The van der Waals surface area contributed by atoms with Crippen molar-refractivity contribution in [3.05, 3.63) is 69.2 Å². The zero-order valence-corrected chi connectivity index (χ0v) is 15.6. The van der Waals surface area contributed by atoms with E-state index >= 15 is 0 Å². The smallest absolute Gasteiger partial charge is 0.292 e. The summed E-state index contributed by atoms with van der Waals surface area (Å²) in [5.41, 5.74) is 1.14. The molecule has 1 atom stereocenters. The molecule has 0 spiro atoms. The Morgan fingerprint density at radius 3 is 2.56 bits per heavy atom. The molecular formula is C20H20ClN3O3. The van der Waals surface area contributed by atoms with Crippen LogP contribution >= 0.6 is 11.6 Å². The van der Waals surface area contributed by atoms with Crippen LogP contribution < -0.4 is 10.2 Å². The van der Waals surface area contributed by atoms with Crippen molar-refractivity contribution in [1.29, 1.82) is 0 Å². The summed E-state index contributed by atoms with van der Waals surface area (Å²) in [5, 5.41) is 14.8. The van der Waals surface area contributed by atoms with Crippen molar-refractivity contribution in [3.8, 4) is 12.3 Å². The second-order valence-electron chi connectivity index (χ2n) is 5.85. The van der Waals surface area contributed by atoms with E-state index in [-0.39, 0.29) is 18.1 Å². The minimum Gasteiger partial charge on any atom is -0.350 e. The van der Waals surface area contributed by atoms with E-state index in [0.29, 0.717) is 23.7 Å². The average molecular weight is 386 g/mol. The van der Waals surface area contributed by atoms with Crippen molar-refractivity contribution < 1.29 is 9.72 Å². The molecule has 0 aromatic heterocycles. The lowest BCUT2D eigenvalue weighted by Crippen LogP contribution is -2.47. The maximum Gasteiger partial charge on any atom is 0.292 e. The molecule has 0 aliphatic rings. The third-order valence-electron chi connectivity index (χ3n) is 4.10. The lowest BCUT2D eigenvalue weighted by atomic mass is 10.1. The van der Waals surface area contributed by atoms with Crippen molar-refractivity contribution in [3.63, 3.8) is 0 Å². The number of para-hydroxylation sites is 2. The van der Waals surface area contributed by atoms with E-state index in [0.717, 1.165) is 5.56 Å². The Hall–Kier alpha value is -3.04. The number of nitro benzene ring substituents is 1. The fourth-order valence-electron chi connectivity index (χ4n) is 2.78.